The molecule has 0 aromatic heterocycles. The van der Waals surface area contributed by atoms with Gasteiger partial charge >= 0.3 is 0 Å². The summed E-state index contributed by atoms with van der Waals surface area (Å²) >= 11 is 5.83. The van der Waals surface area contributed by atoms with Crippen LogP contribution in [0.2, 0.25) is 5.02 Å². The van der Waals surface area contributed by atoms with Gasteiger partial charge in [0.15, 0.2) is 0 Å². The summed E-state index contributed by atoms with van der Waals surface area (Å²) in [6.45, 7) is 0.163. The van der Waals surface area contributed by atoms with Crippen molar-refractivity contribution in [2.75, 3.05) is 20.1 Å². The van der Waals surface area contributed by atoms with Gasteiger partial charge in [0.2, 0.25) is 0 Å². The lowest BCUT2D eigenvalue weighted by molar-refractivity contribution is 0.446. The van der Waals surface area contributed by atoms with Crippen molar-refractivity contribution in [1.82, 2.24) is 9.03 Å². The molecule has 3 N–H and O–H groups in total. The molecular weight excluding hydrogens is 316 g/mol. The number of hydrogen-bond donors (Lipinski definition) is 2. The summed E-state index contributed by atoms with van der Waals surface area (Å²) in [7, 11) is -2.34. The van der Waals surface area contributed by atoms with Gasteiger partial charge in [-0.15, -0.1) is 12.4 Å². The first-order valence-corrected chi connectivity index (χ1v) is 7.04. The zero-order chi connectivity index (χ0) is 13.8. The maximum atomic E-state index is 13.5. The Morgan fingerprint density at radius 3 is 2.63 bits per heavy atom. The predicted octanol–water partition coefficient (Wildman–Crippen LogP) is 1.13. The third-order valence-corrected chi connectivity index (χ3v) is 4.15. The highest BCUT2D eigenvalue weighted by Gasteiger charge is 2.19. The molecule has 0 spiro atoms. The maximum Gasteiger partial charge on any atom is 0.279 e. The van der Waals surface area contributed by atoms with Crippen LogP contribution in [0, 0.1) is 5.82 Å². The molecule has 0 atom stereocenters. The first kappa shape index (κ1) is 18.6. The quantitative estimate of drug-likeness (QED) is 0.820. The normalized spacial score (nSPS) is 11.4. The van der Waals surface area contributed by atoms with Gasteiger partial charge in [-0.25, -0.2) is 9.11 Å². The molecule has 0 saturated carbocycles. The Labute approximate surface area is 123 Å². The number of rotatable bonds is 6. The molecule has 0 saturated heterocycles. The summed E-state index contributed by atoms with van der Waals surface area (Å²) in [4.78, 5) is 0. The Balaban J connectivity index is 0.00000324. The Hall–Kier alpha value is -0.440. The van der Waals surface area contributed by atoms with Crippen molar-refractivity contribution in [2.45, 2.75) is 6.54 Å². The van der Waals surface area contributed by atoms with Crippen molar-refractivity contribution in [3.63, 3.8) is 0 Å². The minimum Gasteiger partial charge on any atom is -0.329 e. The molecule has 0 aliphatic heterocycles. The molecule has 9 heteroatoms. The number of nitrogens with zero attached hydrogens (tertiary/aromatic N) is 1. The van der Waals surface area contributed by atoms with Crippen LogP contribution in [-0.4, -0.2) is 32.9 Å². The third kappa shape index (κ3) is 5.21. The fourth-order valence-corrected chi connectivity index (χ4v) is 2.41. The van der Waals surface area contributed by atoms with Crippen molar-refractivity contribution in [2.24, 2.45) is 5.73 Å². The number of halogens is 3. The highest BCUT2D eigenvalue weighted by atomic mass is 35.5. The van der Waals surface area contributed by atoms with Crippen LogP contribution in [-0.2, 0) is 16.8 Å². The Morgan fingerprint density at radius 1 is 1.47 bits per heavy atom. The van der Waals surface area contributed by atoms with Crippen LogP contribution >= 0.6 is 24.0 Å². The Kier molecular flexibility index (Phi) is 7.80. The van der Waals surface area contributed by atoms with Crippen LogP contribution in [0.15, 0.2) is 18.2 Å². The standard InChI is InChI=1S/C10H15ClFN3O2S.ClH/c1-15(18(16,17)14-6-5-13)7-8-9(11)3-2-4-10(8)12;/h2-4,14H,5-7,13H2,1H3;1H. The highest BCUT2D eigenvalue weighted by molar-refractivity contribution is 7.87. The van der Waals surface area contributed by atoms with Gasteiger partial charge in [-0.3, -0.25) is 0 Å². The van der Waals surface area contributed by atoms with Gasteiger partial charge in [0, 0.05) is 37.3 Å². The van der Waals surface area contributed by atoms with Crippen LogP contribution < -0.4 is 10.5 Å². The summed E-state index contributed by atoms with van der Waals surface area (Å²) in [5.41, 5.74) is 5.35. The number of nitrogens with one attached hydrogen (secondary N) is 1. The second-order valence-corrected chi connectivity index (χ2v) is 5.91. The minimum atomic E-state index is -3.68. The van der Waals surface area contributed by atoms with Gasteiger partial charge < -0.3 is 5.73 Å². The van der Waals surface area contributed by atoms with E-state index in [-0.39, 0.29) is 42.6 Å². The van der Waals surface area contributed by atoms with Crippen LogP contribution in [0.5, 0.6) is 0 Å². The smallest absolute Gasteiger partial charge is 0.279 e. The number of benzene rings is 1. The molecule has 0 amide bonds. The van der Waals surface area contributed by atoms with E-state index in [1.54, 1.807) is 0 Å². The van der Waals surface area contributed by atoms with Gasteiger partial charge in [-0.05, 0) is 12.1 Å². The van der Waals surface area contributed by atoms with E-state index in [1.165, 1.54) is 25.2 Å². The monoisotopic (exact) mass is 331 g/mol. The van der Waals surface area contributed by atoms with E-state index < -0.39 is 16.0 Å². The van der Waals surface area contributed by atoms with Gasteiger partial charge in [-0.1, -0.05) is 17.7 Å². The largest absolute Gasteiger partial charge is 0.329 e. The average Bonchev–Trinajstić information content (AvgIpc) is 2.31. The molecule has 0 aliphatic carbocycles. The summed E-state index contributed by atoms with van der Waals surface area (Å²) < 4.78 is 40.2. The van der Waals surface area contributed by atoms with E-state index >= 15 is 0 Å². The lowest BCUT2D eigenvalue weighted by atomic mass is 10.2. The first-order chi connectivity index (χ1) is 8.38. The summed E-state index contributed by atoms with van der Waals surface area (Å²) in [5, 5.41) is 0.191. The SMILES string of the molecule is CN(Cc1c(F)cccc1Cl)S(=O)(=O)NCCN.Cl. The molecule has 0 fully saturated rings. The fourth-order valence-electron chi connectivity index (χ4n) is 1.29. The van der Waals surface area contributed by atoms with Gasteiger partial charge in [-0.2, -0.15) is 12.7 Å². The van der Waals surface area contributed by atoms with Gasteiger partial charge in [0.1, 0.15) is 5.82 Å². The Morgan fingerprint density at radius 2 is 2.11 bits per heavy atom. The molecule has 1 aromatic carbocycles. The lowest BCUT2D eigenvalue weighted by Gasteiger charge is -2.18. The van der Waals surface area contributed by atoms with Crippen molar-refractivity contribution in [1.29, 1.82) is 0 Å². The number of hydrogen-bond acceptors (Lipinski definition) is 3. The van der Waals surface area contributed by atoms with Crippen molar-refractivity contribution < 1.29 is 12.8 Å². The molecule has 19 heavy (non-hydrogen) atoms. The van der Waals surface area contributed by atoms with E-state index in [2.05, 4.69) is 4.72 Å². The summed E-state index contributed by atoms with van der Waals surface area (Å²) in [6.07, 6.45) is 0. The van der Waals surface area contributed by atoms with Crippen molar-refractivity contribution in [3.05, 3.63) is 34.6 Å². The fraction of sp³-hybridized carbons (Fsp3) is 0.400. The molecule has 0 aliphatic rings. The van der Waals surface area contributed by atoms with E-state index in [0.29, 0.717) is 0 Å². The zero-order valence-electron chi connectivity index (χ0n) is 10.3. The molecule has 1 aromatic rings. The molecule has 0 unspecified atom stereocenters. The molecule has 110 valence electrons. The second-order valence-electron chi connectivity index (χ2n) is 3.64. The van der Waals surface area contributed by atoms with E-state index in [0.717, 1.165) is 4.31 Å². The topological polar surface area (TPSA) is 75.4 Å². The third-order valence-electron chi connectivity index (χ3n) is 2.28. The van der Waals surface area contributed by atoms with Crippen LogP contribution in [0.4, 0.5) is 4.39 Å². The molecule has 0 heterocycles. The van der Waals surface area contributed by atoms with Gasteiger partial charge in [0.05, 0.1) is 0 Å². The van der Waals surface area contributed by atoms with Gasteiger partial charge in [0.25, 0.3) is 10.2 Å². The second kappa shape index (κ2) is 7.98. The highest BCUT2D eigenvalue weighted by Crippen LogP contribution is 2.20. The predicted molar refractivity (Wildman–Crippen MR) is 76.1 cm³/mol. The first-order valence-electron chi connectivity index (χ1n) is 5.22. The maximum absolute atomic E-state index is 13.5. The average molecular weight is 332 g/mol. The van der Waals surface area contributed by atoms with Crippen molar-refractivity contribution >= 4 is 34.2 Å². The summed E-state index contributed by atoms with van der Waals surface area (Å²) in [6, 6.07) is 4.20. The lowest BCUT2D eigenvalue weighted by Crippen LogP contribution is -2.40. The molecule has 0 radical (unpaired) electrons. The van der Waals surface area contributed by atoms with E-state index in [1.807, 2.05) is 0 Å². The Bertz CT molecular complexity index is 493. The van der Waals surface area contributed by atoms with Crippen LogP contribution in [0.3, 0.4) is 0 Å². The van der Waals surface area contributed by atoms with E-state index in [4.69, 9.17) is 17.3 Å². The zero-order valence-corrected chi connectivity index (χ0v) is 12.7. The van der Waals surface area contributed by atoms with E-state index in [9.17, 15) is 12.8 Å². The number of nitrogens with two attached hydrogens (primary N) is 1. The summed E-state index contributed by atoms with van der Waals surface area (Å²) in [5.74, 6) is -0.539. The minimum absolute atomic E-state index is 0. The molecule has 5 nitrogen and oxygen atoms in total. The van der Waals surface area contributed by atoms with Crippen LogP contribution in [0.25, 0.3) is 0 Å². The molecule has 0 bridgehead atoms. The van der Waals surface area contributed by atoms with Crippen LogP contribution in [0.1, 0.15) is 5.56 Å². The molecule has 1 rings (SSSR count). The van der Waals surface area contributed by atoms with Crippen molar-refractivity contribution in [3.8, 4) is 0 Å². The molecular formula is C10H16Cl2FN3O2S.